The van der Waals surface area contributed by atoms with Crippen molar-refractivity contribution in [1.29, 1.82) is 0 Å². The van der Waals surface area contributed by atoms with Crippen LogP contribution in [0.25, 0.3) is 16.8 Å². The van der Waals surface area contributed by atoms with Gasteiger partial charge < -0.3 is 4.57 Å². The van der Waals surface area contributed by atoms with Gasteiger partial charge in [-0.3, -0.25) is 9.20 Å². The van der Waals surface area contributed by atoms with Crippen molar-refractivity contribution in [2.24, 2.45) is 0 Å². The summed E-state index contributed by atoms with van der Waals surface area (Å²) in [5.41, 5.74) is 2.80. The maximum absolute atomic E-state index is 14.5. The number of aryl methyl sites for hydroxylation is 1. The lowest BCUT2D eigenvalue weighted by molar-refractivity contribution is 0.101. The molecule has 0 spiro atoms. The first-order valence-electron chi connectivity index (χ1n) is 13.3. The van der Waals surface area contributed by atoms with E-state index in [-0.39, 0.29) is 5.78 Å². The molecule has 0 atom stereocenters. The number of ketones is 1. The summed E-state index contributed by atoms with van der Waals surface area (Å²) in [4.78, 5) is 19.3. The molecular weight excluding hydrogens is 485 g/mol. The fourth-order valence-electron chi connectivity index (χ4n) is 5.56. The van der Waals surface area contributed by atoms with E-state index in [2.05, 4.69) is 107 Å². The fourth-order valence-corrected chi connectivity index (χ4v) is 9.64. The van der Waals surface area contributed by atoms with Crippen molar-refractivity contribution in [1.82, 2.24) is 14.0 Å². The molecule has 0 radical (unpaired) electrons. The summed E-state index contributed by atoms with van der Waals surface area (Å²) >= 11 is 0. The number of carbonyl (C=O) groups is 1. The van der Waals surface area contributed by atoms with Gasteiger partial charge in [-0.1, -0.05) is 80.1 Å². The summed E-state index contributed by atoms with van der Waals surface area (Å²) in [6.07, 6.45) is 4.34. The van der Waals surface area contributed by atoms with Crippen molar-refractivity contribution >= 4 is 45.8 Å². The highest BCUT2D eigenvalue weighted by molar-refractivity contribution is 7.96. The van der Waals surface area contributed by atoms with E-state index in [0.29, 0.717) is 11.9 Å². The van der Waals surface area contributed by atoms with Crippen LogP contribution in [0.3, 0.4) is 0 Å². The van der Waals surface area contributed by atoms with Crippen LogP contribution in [0.2, 0.25) is 0 Å². The van der Waals surface area contributed by atoms with E-state index in [1.165, 1.54) is 15.9 Å². The zero-order valence-electron chi connectivity index (χ0n) is 21.6. The number of para-hydroxylation sites is 2. The Morgan fingerprint density at radius 2 is 1.21 bits per heavy atom. The highest BCUT2D eigenvalue weighted by atomic mass is 31.2. The summed E-state index contributed by atoms with van der Waals surface area (Å²) in [6.45, 7) is 3.08. The van der Waals surface area contributed by atoms with Crippen molar-refractivity contribution in [3.05, 3.63) is 127 Å². The van der Waals surface area contributed by atoms with Crippen LogP contribution in [0.15, 0.2) is 121 Å². The normalized spacial score (nSPS) is 11.8. The number of rotatable bonds is 9. The van der Waals surface area contributed by atoms with Crippen molar-refractivity contribution in [2.75, 3.05) is 6.16 Å². The molecule has 4 nitrogen and oxygen atoms in total. The van der Waals surface area contributed by atoms with Gasteiger partial charge in [0, 0.05) is 6.54 Å². The van der Waals surface area contributed by atoms with Gasteiger partial charge in [0.1, 0.15) is 35.0 Å². The van der Waals surface area contributed by atoms with Gasteiger partial charge in [0.05, 0.1) is 17.2 Å². The van der Waals surface area contributed by atoms with Gasteiger partial charge in [0.2, 0.25) is 11.6 Å². The minimum absolute atomic E-state index is 0.112. The molecule has 6 rings (SSSR count). The maximum atomic E-state index is 14.5. The Hall–Kier alpha value is -4.01. The molecule has 0 aliphatic heterocycles. The number of Topliss-reactive ketones (excluding diaryl/α,β-unsaturated/α-hetero) is 1. The first-order valence-corrected chi connectivity index (χ1v) is 15.2. The lowest BCUT2D eigenvalue weighted by Gasteiger charge is -2.27. The Labute approximate surface area is 223 Å². The molecule has 188 valence electrons. The topological polar surface area (TPSA) is 39.3 Å². The van der Waals surface area contributed by atoms with E-state index < -0.39 is 7.26 Å². The molecule has 0 saturated carbocycles. The monoisotopic (exact) mass is 516 g/mol. The Kier molecular flexibility index (Phi) is 6.66. The van der Waals surface area contributed by atoms with E-state index in [1.54, 1.807) is 6.20 Å². The van der Waals surface area contributed by atoms with E-state index >= 15 is 0 Å². The second-order valence-electron chi connectivity index (χ2n) is 9.67. The lowest BCUT2D eigenvalue weighted by atomic mass is 10.3. The molecule has 4 aromatic carbocycles. The number of hydrogen-bond donors (Lipinski definition) is 0. The zero-order valence-corrected chi connectivity index (χ0v) is 22.5. The van der Waals surface area contributed by atoms with E-state index in [1.807, 2.05) is 24.3 Å². The summed E-state index contributed by atoms with van der Waals surface area (Å²) in [6, 6.07) is 40.0. The Bertz CT molecular complexity index is 1590. The summed E-state index contributed by atoms with van der Waals surface area (Å²) in [5, 5.41) is 3.62. The van der Waals surface area contributed by atoms with Crippen LogP contribution >= 0.6 is 7.26 Å². The molecular formula is C33H31N3OP+. The molecule has 0 aliphatic rings. The molecule has 2 heterocycles. The SMILES string of the molecule is CCCCn1c2ccccc2n2c(C(=O)C[P+](c3ccccc3)(c3ccccc3)c3ccccc3)cnc12. The predicted octanol–water partition coefficient (Wildman–Crippen LogP) is 6.27. The van der Waals surface area contributed by atoms with E-state index in [4.69, 9.17) is 4.98 Å². The quantitative estimate of drug-likeness (QED) is 0.168. The first kappa shape index (κ1) is 24.3. The second kappa shape index (κ2) is 10.4. The van der Waals surface area contributed by atoms with Crippen LogP contribution in [0.1, 0.15) is 30.3 Å². The number of benzene rings is 4. The number of imidazole rings is 2. The molecule has 2 aromatic heterocycles. The smallest absolute Gasteiger partial charge is 0.219 e. The Morgan fingerprint density at radius 1 is 0.711 bits per heavy atom. The third-order valence-electron chi connectivity index (χ3n) is 7.39. The second-order valence-corrected chi connectivity index (χ2v) is 13.2. The largest absolute Gasteiger partial charge is 0.310 e. The van der Waals surface area contributed by atoms with Gasteiger partial charge >= 0.3 is 0 Å². The molecule has 0 saturated heterocycles. The van der Waals surface area contributed by atoms with Crippen LogP contribution < -0.4 is 15.9 Å². The summed E-state index contributed by atoms with van der Waals surface area (Å²) in [5.74, 6) is 0.951. The van der Waals surface area contributed by atoms with Crippen LogP contribution in [0.5, 0.6) is 0 Å². The number of fused-ring (bicyclic) bond motifs is 3. The highest BCUT2D eigenvalue weighted by Gasteiger charge is 2.47. The minimum atomic E-state index is -2.30. The van der Waals surface area contributed by atoms with Crippen LogP contribution in [0.4, 0.5) is 0 Å². The van der Waals surface area contributed by atoms with Crippen LogP contribution in [0, 0.1) is 0 Å². The van der Waals surface area contributed by atoms with Crippen molar-refractivity contribution in [3.63, 3.8) is 0 Å². The van der Waals surface area contributed by atoms with E-state index in [0.717, 1.165) is 36.2 Å². The molecule has 0 N–H and O–H groups in total. The Balaban J connectivity index is 1.55. The average Bonchev–Trinajstić information content (AvgIpc) is 3.55. The molecule has 0 fully saturated rings. The molecule has 0 aliphatic carbocycles. The molecule has 0 amide bonds. The van der Waals surface area contributed by atoms with Gasteiger partial charge in [-0.2, -0.15) is 0 Å². The molecule has 6 aromatic rings. The predicted molar refractivity (Wildman–Crippen MR) is 160 cm³/mol. The van der Waals surface area contributed by atoms with Crippen molar-refractivity contribution in [2.45, 2.75) is 26.3 Å². The van der Waals surface area contributed by atoms with Gasteiger partial charge in [-0.15, -0.1) is 0 Å². The van der Waals surface area contributed by atoms with Crippen LogP contribution in [-0.2, 0) is 6.54 Å². The standard InChI is InChI=1S/C33H31N3OP/c1-2-3-23-35-29-21-13-14-22-30(29)36-31(24-34-33(35)36)32(37)25-38(26-15-7-4-8-16-26,27-17-9-5-10-18-27)28-19-11-6-12-20-28/h4-22,24H,2-3,23,25H2,1H3/q+1. The number of unbranched alkanes of at least 4 members (excludes halogenated alkanes) is 1. The van der Waals surface area contributed by atoms with Gasteiger partial charge in [-0.25, -0.2) is 4.98 Å². The third kappa shape index (κ3) is 4.06. The average molecular weight is 517 g/mol. The van der Waals surface area contributed by atoms with Crippen LogP contribution in [-0.4, -0.2) is 25.9 Å². The third-order valence-corrected chi connectivity index (χ3v) is 11.7. The van der Waals surface area contributed by atoms with Gasteiger partial charge in [-0.05, 0) is 55.0 Å². The molecule has 0 bridgehead atoms. The van der Waals surface area contributed by atoms with Gasteiger partial charge in [0.15, 0.2) is 0 Å². The number of aromatic nitrogens is 3. The molecule has 0 unspecified atom stereocenters. The zero-order chi connectivity index (χ0) is 26.0. The molecule has 5 heteroatoms. The number of hydrogen-bond acceptors (Lipinski definition) is 2. The lowest BCUT2D eigenvalue weighted by Crippen LogP contribution is -2.36. The van der Waals surface area contributed by atoms with Crippen molar-refractivity contribution in [3.8, 4) is 0 Å². The minimum Gasteiger partial charge on any atom is -0.310 e. The maximum Gasteiger partial charge on any atom is 0.219 e. The molecule has 38 heavy (non-hydrogen) atoms. The first-order chi connectivity index (χ1) is 18.7. The fraction of sp³-hybridized carbons (Fsp3) is 0.152. The highest BCUT2D eigenvalue weighted by Crippen LogP contribution is 2.55. The number of nitrogens with zero attached hydrogens (tertiary/aromatic N) is 3. The van der Waals surface area contributed by atoms with Gasteiger partial charge in [0.25, 0.3) is 0 Å². The van der Waals surface area contributed by atoms with E-state index in [9.17, 15) is 4.79 Å². The number of carbonyl (C=O) groups excluding carboxylic acids is 1. The summed E-state index contributed by atoms with van der Waals surface area (Å²) in [7, 11) is -2.30. The summed E-state index contributed by atoms with van der Waals surface area (Å²) < 4.78 is 4.33. The Morgan fingerprint density at radius 3 is 1.74 bits per heavy atom. The van der Waals surface area contributed by atoms with Crippen molar-refractivity contribution < 1.29 is 4.79 Å².